The van der Waals surface area contributed by atoms with Gasteiger partial charge in [-0.3, -0.25) is 0 Å². The minimum atomic E-state index is 0.583. The molecule has 0 saturated carbocycles. The van der Waals surface area contributed by atoms with Crippen LogP contribution in [0.4, 0.5) is 0 Å². The first-order chi connectivity index (χ1) is 53.2. The monoisotopic (exact) mass is 1420 g/mol. The van der Waals surface area contributed by atoms with E-state index in [0.717, 1.165) is 138 Å². The van der Waals surface area contributed by atoms with E-state index < -0.39 is 0 Å². The highest BCUT2D eigenvalue weighted by Crippen LogP contribution is 2.45. The number of hydrogen-bond acceptors (Lipinski definition) is 8. The van der Waals surface area contributed by atoms with E-state index in [1.807, 2.05) is 91.0 Å². The summed E-state index contributed by atoms with van der Waals surface area (Å²) in [6, 6.07) is 89.9. The van der Waals surface area contributed by atoms with Crippen LogP contribution in [0, 0.1) is 34.6 Å². The van der Waals surface area contributed by atoms with Crippen molar-refractivity contribution in [1.82, 2.24) is 0 Å². The Kier molecular flexibility index (Phi) is 15.9. The number of benzene rings is 10. The van der Waals surface area contributed by atoms with Gasteiger partial charge in [-0.2, -0.15) is 0 Å². The van der Waals surface area contributed by atoms with Crippen molar-refractivity contribution in [3.63, 3.8) is 0 Å². The van der Waals surface area contributed by atoms with E-state index in [1.165, 1.54) is 66.9 Å². The second-order valence-corrected chi connectivity index (χ2v) is 28.5. The zero-order chi connectivity index (χ0) is 73.9. The van der Waals surface area contributed by atoms with Gasteiger partial charge in [-0.25, -0.2) is 18.3 Å². The lowest BCUT2D eigenvalue weighted by atomic mass is 9.98. The van der Waals surface area contributed by atoms with Gasteiger partial charge < -0.3 is 35.3 Å². The first-order valence-electron chi connectivity index (χ1n) is 36.6. The van der Waals surface area contributed by atoms with Crippen molar-refractivity contribution >= 4 is 132 Å². The standard InChI is InChI=1S/2C27H20NO2.C22H18NO2.C21H16NO2/c1-17-14-22-25(30-27-26(22)20-10-6-7-11-24(20)29-27)16-21(17)23-15-19(12-13-28(23)2)18-8-4-3-5-9-18;1-17-12-13-21-25-20-10-6-7-11-23(20)29-27(25)30-26(21)24(17)22-16-19(14-15-28(22)2)18-8-4-3-5-9-18;1-13-8-9-23(3)18(10-13)16-12-20-17(11-14(16)2)21-15-6-4-5-7-19(15)24-22(21)25-20;1-13-11-16-19(12-15(13)17-8-5-6-10-22(17)2)24-21-20(16)14-7-3-4-9-18(14)23-21/h2*3-16H,1-2H3;4-12H,1-3H3;3-12H,1-2H3/q4*+1. The number of pyridine rings is 4. The SMILES string of the molecule is Cc1cc2c(cc1-c1cc(-c3ccccc3)cc[n+]1C)oc1oc3ccccc3c12.Cc1cc2c(cc1-c1cccc[n+]1C)oc1oc3ccccc3c12.Cc1cc[n+](C)c(-c2cc3oc4oc5ccccc5c4c3cc2C)c1.Cc1ccc2c(oc3oc4ccccc4c32)c1-c1cc(-c2ccccc2)cc[n+]1C. The smallest absolute Gasteiger partial charge is 0.299 e. The van der Waals surface area contributed by atoms with Gasteiger partial charge in [0.1, 0.15) is 67.3 Å². The molecule has 12 aromatic heterocycles. The second-order valence-electron chi connectivity index (χ2n) is 28.5. The maximum absolute atomic E-state index is 6.32. The number of para-hydroxylation sites is 4. The molecule has 12 heterocycles. The summed E-state index contributed by atoms with van der Waals surface area (Å²) in [5, 5.41) is 13.0. The van der Waals surface area contributed by atoms with Crippen molar-refractivity contribution in [1.29, 1.82) is 0 Å². The second kappa shape index (κ2) is 26.3. The van der Waals surface area contributed by atoms with Crippen LogP contribution in [0.2, 0.25) is 0 Å². The van der Waals surface area contributed by atoms with Crippen LogP contribution in [-0.2, 0) is 28.2 Å². The molecular formula is C97H74N4O8+4. The fraction of sp³-hybridized carbons (Fsp3) is 0.0928. The molecule has 0 atom stereocenters. The number of aromatic nitrogens is 4. The number of aryl methyl sites for hydroxylation is 9. The molecule has 0 aliphatic rings. The van der Waals surface area contributed by atoms with Gasteiger partial charge in [-0.05, 0) is 151 Å². The Morgan fingerprint density at radius 3 is 1.02 bits per heavy atom. The first kappa shape index (κ1) is 65.9. The summed E-state index contributed by atoms with van der Waals surface area (Å²) in [7, 11) is 8.28. The molecule has 12 nitrogen and oxygen atoms in total. The lowest BCUT2D eigenvalue weighted by Gasteiger charge is -2.08. The minimum absolute atomic E-state index is 0.583. The third kappa shape index (κ3) is 11.4. The van der Waals surface area contributed by atoms with Gasteiger partial charge >= 0.3 is 0 Å². The van der Waals surface area contributed by atoms with E-state index in [1.54, 1.807) is 0 Å². The van der Waals surface area contributed by atoms with Crippen LogP contribution >= 0.6 is 0 Å². The molecule has 0 N–H and O–H groups in total. The highest BCUT2D eigenvalue weighted by atomic mass is 16.5. The lowest BCUT2D eigenvalue weighted by Crippen LogP contribution is -2.30. The zero-order valence-electron chi connectivity index (χ0n) is 61.7. The molecule has 0 bridgehead atoms. The van der Waals surface area contributed by atoms with E-state index in [4.69, 9.17) is 35.3 Å². The van der Waals surface area contributed by atoms with Gasteiger partial charge in [0.2, 0.25) is 22.8 Å². The third-order valence-corrected chi connectivity index (χ3v) is 21.4. The van der Waals surface area contributed by atoms with Crippen LogP contribution in [0.25, 0.3) is 200 Å². The topological polar surface area (TPSA) is 121 Å². The van der Waals surface area contributed by atoms with E-state index in [-0.39, 0.29) is 0 Å². The van der Waals surface area contributed by atoms with Crippen LogP contribution in [0.5, 0.6) is 0 Å². The van der Waals surface area contributed by atoms with Crippen LogP contribution in [0.15, 0.2) is 321 Å². The molecule has 526 valence electrons. The molecule has 0 aliphatic heterocycles. The molecule has 0 unspecified atom stereocenters. The van der Waals surface area contributed by atoms with Crippen LogP contribution in [0.3, 0.4) is 0 Å². The summed E-state index contributed by atoms with van der Waals surface area (Å²) < 4.78 is 56.8. The van der Waals surface area contributed by atoms with Gasteiger partial charge in [0, 0.05) is 91.6 Å². The number of furan rings is 8. The quantitative estimate of drug-likeness (QED) is 0.151. The molecule has 109 heavy (non-hydrogen) atoms. The van der Waals surface area contributed by atoms with Crippen LogP contribution in [-0.4, -0.2) is 0 Å². The van der Waals surface area contributed by atoms with Gasteiger partial charge in [0.05, 0.1) is 43.8 Å². The van der Waals surface area contributed by atoms with Gasteiger partial charge in [0.15, 0.2) is 30.4 Å². The lowest BCUT2D eigenvalue weighted by molar-refractivity contribution is -0.660. The summed E-state index contributed by atoms with van der Waals surface area (Å²) in [5.41, 5.74) is 26.9. The summed E-state index contributed by atoms with van der Waals surface area (Å²) >= 11 is 0. The molecule has 22 rings (SSSR count). The Morgan fingerprint density at radius 2 is 0.569 bits per heavy atom. The Labute approximate surface area is 626 Å². The number of nitrogens with zero attached hydrogens (tertiary/aromatic N) is 4. The van der Waals surface area contributed by atoms with Crippen molar-refractivity contribution in [3.8, 4) is 67.3 Å². The first-order valence-corrected chi connectivity index (χ1v) is 36.6. The average molecular weight is 1420 g/mol. The fourth-order valence-corrected chi connectivity index (χ4v) is 15.8. The van der Waals surface area contributed by atoms with Crippen LogP contribution < -0.4 is 18.3 Å². The van der Waals surface area contributed by atoms with Gasteiger partial charge in [-0.15, -0.1) is 0 Å². The van der Waals surface area contributed by atoms with E-state index >= 15 is 0 Å². The predicted molar refractivity (Wildman–Crippen MR) is 435 cm³/mol. The fourth-order valence-electron chi connectivity index (χ4n) is 15.8. The molecule has 12 heteroatoms. The van der Waals surface area contributed by atoms with E-state index in [0.29, 0.717) is 23.1 Å². The highest BCUT2D eigenvalue weighted by Gasteiger charge is 2.27. The van der Waals surface area contributed by atoms with Gasteiger partial charge in [-0.1, -0.05) is 146 Å². The Balaban J connectivity index is 0.0000000991. The summed E-state index contributed by atoms with van der Waals surface area (Å²) in [4.78, 5) is 0. The number of hydrogen-bond donors (Lipinski definition) is 0. The number of fused-ring (bicyclic) bond motifs is 20. The molecule has 22 aromatic rings. The minimum Gasteiger partial charge on any atom is -0.425 e. The Hall–Kier alpha value is -13.8. The van der Waals surface area contributed by atoms with Gasteiger partial charge in [0.25, 0.3) is 23.1 Å². The van der Waals surface area contributed by atoms with Crippen molar-refractivity contribution in [2.45, 2.75) is 34.6 Å². The maximum atomic E-state index is 6.32. The maximum Gasteiger partial charge on any atom is 0.299 e. The molecule has 0 spiro atoms. The highest BCUT2D eigenvalue weighted by molar-refractivity contribution is 6.22. The van der Waals surface area contributed by atoms with E-state index in [2.05, 4.69) is 276 Å². The summed E-state index contributed by atoms with van der Waals surface area (Å²) in [5.74, 6) is 2.37. The van der Waals surface area contributed by atoms with Crippen molar-refractivity contribution in [3.05, 3.63) is 313 Å². The predicted octanol–water partition coefficient (Wildman–Crippen LogP) is 24.2. The third-order valence-electron chi connectivity index (χ3n) is 21.4. The summed E-state index contributed by atoms with van der Waals surface area (Å²) in [6.07, 6.45) is 8.37. The van der Waals surface area contributed by atoms with Crippen LogP contribution in [0.1, 0.15) is 27.8 Å². The van der Waals surface area contributed by atoms with Crippen molar-refractivity contribution < 1.29 is 53.6 Å². The molecular weight excluding hydrogens is 1350 g/mol. The molecule has 0 aliphatic carbocycles. The largest absolute Gasteiger partial charge is 0.425 e. The zero-order valence-corrected chi connectivity index (χ0v) is 61.7. The Morgan fingerprint density at radius 1 is 0.220 bits per heavy atom. The summed E-state index contributed by atoms with van der Waals surface area (Å²) in [6.45, 7) is 10.7. The van der Waals surface area contributed by atoms with E-state index in [9.17, 15) is 0 Å². The van der Waals surface area contributed by atoms with Crippen molar-refractivity contribution in [2.24, 2.45) is 28.2 Å². The molecule has 0 amide bonds. The molecule has 0 fully saturated rings. The number of rotatable bonds is 6. The molecule has 10 aromatic carbocycles. The Bertz CT molecular complexity index is 7360. The molecule has 0 radical (unpaired) electrons. The van der Waals surface area contributed by atoms with Crippen molar-refractivity contribution in [2.75, 3.05) is 0 Å². The molecule has 0 saturated heterocycles. The normalized spacial score (nSPS) is 11.7. The average Bonchev–Trinajstić information content (AvgIpc) is 1.61.